The van der Waals surface area contributed by atoms with E-state index in [1.807, 2.05) is 0 Å². The SMILES string of the molecule is CC(C)Cc1cccc(CN(Cc2ccccc2Br)[C@@H](CC(C)C)CN(C)C)c1. The van der Waals surface area contributed by atoms with Crippen LogP contribution in [0.15, 0.2) is 53.0 Å². The Kier molecular flexibility index (Phi) is 9.88. The zero-order chi connectivity index (χ0) is 21.4. The van der Waals surface area contributed by atoms with E-state index in [2.05, 4.69) is 116 Å². The molecule has 0 saturated heterocycles. The Bertz CT molecular complexity index is 729. The predicted molar refractivity (Wildman–Crippen MR) is 130 cm³/mol. The van der Waals surface area contributed by atoms with Crippen LogP contribution in [0.4, 0.5) is 0 Å². The van der Waals surface area contributed by atoms with Crippen molar-refractivity contribution >= 4 is 15.9 Å². The van der Waals surface area contributed by atoms with Crippen molar-refractivity contribution < 1.29 is 0 Å². The predicted octanol–water partition coefficient (Wildman–Crippen LogP) is 6.63. The van der Waals surface area contributed by atoms with E-state index in [1.165, 1.54) is 27.6 Å². The van der Waals surface area contributed by atoms with Crippen molar-refractivity contribution in [3.05, 3.63) is 69.7 Å². The molecule has 0 unspecified atom stereocenters. The fraction of sp³-hybridized carbons (Fsp3) is 0.538. The van der Waals surface area contributed by atoms with Crippen LogP contribution in [0.3, 0.4) is 0 Å². The first kappa shape index (κ1) is 24.1. The summed E-state index contributed by atoms with van der Waals surface area (Å²) in [6.45, 7) is 12.3. The molecule has 0 amide bonds. The van der Waals surface area contributed by atoms with E-state index in [4.69, 9.17) is 0 Å². The third-order valence-electron chi connectivity index (χ3n) is 5.19. The van der Waals surface area contributed by atoms with Gasteiger partial charge in [0.2, 0.25) is 0 Å². The number of halogens is 1. The first-order valence-electron chi connectivity index (χ1n) is 10.9. The Morgan fingerprint density at radius 2 is 1.52 bits per heavy atom. The van der Waals surface area contributed by atoms with E-state index in [-0.39, 0.29) is 0 Å². The Labute approximate surface area is 187 Å². The Morgan fingerprint density at radius 3 is 2.14 bits per heavy atom. The van der Waals surface area contributed by atoms with Crippen LogP contribution in [0, 0.1) is 11.8 Å². The van der Waals surface area contributed by atoms with Gasteiger partial charge in [0.1, 0.15) is 0 Å². The summed E-state index contributed by atoms with van der Waals surface area (Å²) in [7, 11) is 4.38. The number of rotatable bonds is 11. The Morgan fingerprint density at radius 1 is 0.828 bits per heavy atom. The van der Waals surface area contributed by atoms with E-state index in [0.29, 0.717) is 17.9 Å². The van der Waals surface area contributed by atoms with E-state index < -0.39 is 0 Å². The number of likely N-dealkylation sites (N-methyl/N-ethyl adjacent to an activating group) is 1. The summed E-state index contributed by atoms with van der Waals surface area (Å²) in [5.41, 5.74) is 4.23. The van der Waals surface area contributed by atoms with Crippen LogP contribution in [-0.2, 0) is 19.5 Å². The zero-order valence-corrected chi connectivity index (χ0v) is 20.7. The molecule has 0 N–H and O–H groups in total. The molecule has 29 heavy (non-hydrogen) atoms. The maximum atomic E-state index is 3.76. The summed E-state index contributed by atoms with van der Waals surface area (Å²) in [4.78, 5) is 5.00. The summed E-state index contributed by atoms with van der Waals surface area (Å²) in [5.74, 6) is 1.36. The van der Waals surface area contributed by atoms with Crippen LogP contribution >= 0.6 is 15.9 Å². The summed E-state index contributed by atoms with van der Waals surface area (Å²) in [6.07, 6.45) is 2.35. The summed E-state index contributed by atoms with van der Waals surface area (Å²) >= 11 is 3.76. The molecular formula is C26H39BrN2. The van der Waals surface area contributed by atoms with Gasteiger partial charge in [-0.05, 0) is 61.5 Å². The lowest BCUT2D eigenvalue weighted by atomic mass is 9.98. The highest BCUT2D eigenvalue weighted by atomic mass is 79.9. The van der Waals surface area contributed by atoms with Gasteiger partial charge in [0, 0.05) is 30.1 Å². The van der Waals surface area contributed by atoms with Gasteiger partial charge < -0.3 is 4.90 Å². The number of nitrogens with zero attached hydrogens (tertiary/aromatic N) is 2. The maximum absolute atomic E-state index is 3.76. The quantitative estimate of drug-likeness (QED) is 0.372. The Balaban J connectivity index is 2.31. The normalized spacial score (nSPS) is 13.1. The first-order valence-corrected chi connectivity index (χ1v) is 11.7. The molecule has 0 aliphatic carbocycles. The lowest BCUT2D eigenvalue weighted by molar-refractivity contribution is 0.127. The maximum Gasteiger partial charge on any atom is 0.0251 e. The fourth-order valence-electron chi connectivity index (χ4n) is 4.03. The average molecular weight is 460 g/mol. The van der Waals surface area contributed by atoms with Gasteiger partial charge in [-0.2, -0.15) is 0 Å². The van der Waals surface area contributed by atoms with Crippen molar-refractivity contribution in [1.82, 2.24) is 9.80 Å². The van der Waals surface area contributed by atoms with Gasteiger partial charge in [0.25, 0.3) is 0 Å². The minimum atomic E-state index is 0.519. The van der Waals surface area contributed by atoms with E-state index in [9.17, 15) is 0 Å². The molecule has 160 valence electrons. The first-order chi connectivity index (χ1) is 13.7. The molecule has 0 saturated carbocycles. The molecule has 0 spiro atoms. The molecule has 1 atom stereocenters. The van der Waals surface area contributed by atoms with Gasteiger partial charge in [-0.1, -0.05) is 86.1 Å². The third kappa shape index (κ3) is 8.62. The van der Waals surface area contributed by atoms with E-state index >= 15 is 0 Å². The molecule has 2 aromatic rings. The van der Waals surface area contributed by atoms with Crippen molar-refractivity contribution in [2.75, 3.05) is 20.6 Å². The second-order valence-electron chi connectivity index (χ2n) is 9.46. The van der Waals surface area contributed by atoms with Crippen molar-refractivity contribution in [3.8, 4) is 0 Å². The molecule has 0 aliphatic rings. The van der Waals surface area contributed by atoms with Gasteiger partial charge in [-0.15, -0.1) is 0 Å². The standard InChI is InChI=1S/C26H39BrN2/c1-20(2)14-22-10-9-11-23(16-22)17-29(18-24-12-7-8-13-26(24)27)25(15-21(3)4)19-28(5)6/h7-13,16,20-21,25H,14-15,17-19H2,1-6H3/t25-/m0/s1. The van der Waals surface area contributed by atoms with Gasteiger partial charge >= 0.3 is 0 Å². The average Bonchev–Trinajstić information content (AvgIpc) is 2.61. The molecule has 3 heteroatoms. The van der Waals surface area contributed by atoms with Crippen molar-refractivity contribution in [2.45, 2.75) is 59.7 Å². The lowest BCUT2D eigenvalue weighted by Gasteiger charge is -2.35. The third-order valence-corrected chi connectivity index (χ3v) is 5.96. The minimum absolute atomic E-state index is 0.519. The van der Waals surface area contributed by atoms with Crippen molar-refractivity contribution in [1.29, 1.82) is 0 Å². The summed E-state index contributed by atoms with van der Waals surface area (Å²) < 4.78 is 1.20. The van der Waals surface area contributed by atoms with Crippen molar-refractivity contribution in [3.63, 3.8) is 0 Å². The molecule has 0 aromatic heterocycles. The molecule has 0 radical (unpaired) electrons. The van der Waals surface area contributed by atoms with Crippen LogP contribution in [0.1, 0.15) is 50.8 Å². The van der Waals surface area contributed by atoms with E-state index in [0.717, 1.165) is 26.1 Å². The van der Waals surface area contributed by atoms with Gasteiger partial charge in [0.15, 0.2) is 0 Å². The highest BCUT2D eigenvalue weighted by molar-refractivity contribution is 9.10. The minimum Gasteiger partial charge on any atom is -0.308 e. The largest absolute Gasteiger partial charge is 0.308 e. The smallest absolute Gasteiger partial charge is 0.0251 e. The Hall–Kier alpha value is -1.16. The molecule has 2 nitrogen and oxygen atoms in total. The van der Waals surface area contributed by atoms with Gasteiger partial charge in [-0.25, -0.2) is 0 Å². The second kappa shape index (κ2) is 11.9. The van der Waals surface area contributed by atoms with Crippen LogP contribution < -0.4 is 0 Å². The number of benzene rings is 2. The van der Waals surface area contributed by atoms with Crippen LogP contribution in [0.2, 0.25) is 0 Å². The second-order valence-corrected chi connectivity index (χ2v) is 10.3. The summed E-state index contributed by atoms with van der Waals surface area (Å²) in [6, 6.07) is 18.4. The lowest BCUT2D eigenvalue weighted by Crippen LogP contribution is -2.42. The summed E-state index contributed by atoms with van der Waals surface area (Å²) in [5, 5.41) is 0. The number of hydrogen-bond acceptors (Lipinski definition) is 2. The molecule has 2 aromatic carbocycles. The highest BCUT2D eigenvalue weighted by Gasteiger charge is 2.22. The highest BCUT2D eigenvalue weighted by Crippen LogP contribution is 2.24. The van der Waals surface area contributed by atoms with Crippen LogP contribution in [-0.4, -0.2) is 36.5 Å². The zero-order valence-electron chi connectivity index (χ0n) is 19.2. The molecular weight excluding hydrogens is 420 g/mol. The fourth-order valence-corrected chi connectivity index (χ4v) is 4.44. The van der Waals surface area contributed by atoms with Crippen LogP contribution in [0.5, 0.6) is 0 Å². The van der Waals surface area contributed by atoms with Gasteiger partial charge in [-0.3, -0.25) is 4.90 Å². The monoisotopic (exact) mass is 458 g/mol. The molecule has 0 aliphatic heterocycles. The molecule has 0 heterocycles. The number of hydrogen-bond donors (Lipinski definition) is 0. The molecule has 0 fully saturated rings. The van der Waals surface area contributed by atoms with Gasteiger partial charge in [0.05, 0.1) is 0 Å². The molecule has 0 bridgehead atoms. The van der Waals surface area contributed by atoms with Crippen molar-refractivity contribution in [2.24, 2.45) is 11.8 Å². The van der Waals surface area contributed by atoms with E-state index in [1.54, 1.807) is 0 Å². The molecule has 2 rings (SSSR count). The topological polar surface area (TPSA) is 6.48 Å². The van der Waals surface area contributed by atoms with Crippen LogP contribution in [0.25, 0.3) is 0 Å².